The zero-order chi connectivity index (χ0) is 20.4. The minimum Gasteiger partial charge on any atom is -0.376 e. The van der Waals surface area contributed by atoms with E-state index in [1.165, 1.54) is 10.5 Å². The highest BCUT2D eigenvalue weighted by molar-refractivity contribution is 7.98. The van der Waals surface area contributed by atoms with Crippen molar-refractivity contribution >= 4 is 44.4 Å². The zero-order valence-electron chi connectivity index (χ0n) is 17.1. The summed E-state index contributed by atoms with van der Waals surface area (Å²) >= 11 is 3.30. The van der Waals surface area contributed by atoms with Gasteiger partial charge < -0.3 is 4.74 Å². The number of benzene rings is 2. The lowest BCUT2D eigenvalue weighted by Crippen LogP contribution is -2.38. The average Bonchev–Trinajstić information content (AvgIpc) is 3.36. The predicted octanol–water partition coefficient (Wildman–Crippen LogP) is 5.39. The van der Waals surface area contributed by atoms with Gasteiger partial charge in [0.25, 0.3) is 0 Å². The van der Waals surface area contributed by atoms with E-state index in [2.05, 4.69) is 44.4 Å². The van der Waals surface area contributed by atoms with Crippen LogP contribution in [0.25, 0.3) is 10.2 Å². The Morgan fingerprint density at radius 2 is 2.07 bits per heavy atom. The molecule has 6 heteroatoms. The third kappa shape index (κ3) is 4.65. The molecule has 0 N–H and O–H groups in total. The van der Waals surface area contributed by atoms with Crippen LogP contribution in [0.5, 0.6) is 0 Å². The summed E-state index contributed by atoms with van der Waals surface area (Å²) in [5.41, 5.74) is 4.39. The van der Waals surface area contributed by atoms with Crippen LogP contribution < -0.4 is 4.90 Å². The van der Waals surface area contributed by atoms with E-state index in [0.29, 0.717) is 13.0 Å². The van der Waals surface area contributed by atoms with Crippen molar-refractivity contribution in [2.75, 3.05) is 24.3 Å². The van der Waals surface area contributed by atoms with Crippen LogP contribution in [0.1, 0.15) is 29.5 Å². The molecule has 1 saturated heterocycles. The average molecular weight is 427 g/mol. The molecule has 4 rings (SSSR count). The summed E-state index contributed by atoms with van der Waals surface area (Å²) in [6, 6.07) is 12.5. The van der Waals surface area contributed by atoms with E-state index in [1.54, 1.807) is 23.1 Å². The number of anilines is 1. The fourth-order valence-electron chi connectivity index (χ4n) is 3.77. The molecule has 0 spiro atoms. The maximum Gasteiger partial charge on any atom is 0.233 e. The van der Waals surface area contributed by atoms with Crippen molar-refractivity contribution in [3.8, 4) is 0 Å². The van der Waals surface area contributed by atoms with Gasteiger partial charge in [0.15, 0.2) is 5.13 Å². The van der Waals surface area contributed by atoms with Gasteiger partial charge in [-0.05, 0) is 67.8 Å². The quantitative estimate of drug-likeness (QED) is 0.496. The number of aromatic nitrogens is 1. The number of nitrogens with zero attached hydrogens (tertiary/aromatic N) is 2. The molecule has 1 aliphatic heterocycles. The topological polar surface area (TPSA) is 42.4 Å². The van der Waals surface area contributed by atoms with Crippen molar-refractivity contribution in [2.24, 2.45) is 0 Å². The van der Waals surface area contributed by atoms with Gasteiger partial charge in [0.1, 0.15) is 0 Å². The van der Waals surface area contributed by atoms with Gasteiger partial charge in [0, 0.05) is 11.5 Å². The van der Waals surface area contributed by atoms with E-state index in [-0.39, 0.29) is 12.0 Å². The van der Waals surface area contributed by atoms with E-state index < -0.39 is 0 Å². The second-order valence-electron chi connectivity index (χ2n) is 7.59. The number of carbonyl (C=O) groups is 1. The van der Waals surface area contributed by atoms with E-state index in [9.17, 15) is 4.79 Å². The number of hydrogen-bond acceptors (Lipinski definition) is 5. The van der Waals surface area contributed by atoms with E-state index in [0.717, 1.165) is 45.9 Å². The maximum absolute atomic E-state index is 13.3. The molecule has 1 fully saturated rings. The van der Waals surface area contributed by atoms with Crippen molar-refractivity contribution in [3.63, 3.8) is 0 Å². The Labute approximate surface area is 180 Å². The van der Waals surface area contributed by atoms with Crippen molar-refractivity contribution in [1.29, 1.82) is 0 Å². The number of amides is 1. The van der Waals surface area contributed by atoms with Crippen LogP contribution in [0.2, 0.25) is 0 Å². The number of carbonyl (C=O) groups excluding carboxylic acids is 1. The normalized spacial score (nSPS) is 16.4. The van der Waals surface area contributed by atoms with Gasteiger partial charge in [-0.3, -0.25) is 9.69 Å². The number of ether oxygens (including phenoxy) is 1. The first-order valence-electron chi connectivity index (χ1n) is 9.96. The van der Waals surface area contributed by atoms with E-state index in [4.69, 9.17) is 9.72 Å². The van der Waals surface area contributed by atoms with Crippen LogP contribution in [0.3, 0.4) is 0 Å². The van der Waals surface area contributed by atoms with Crippen molar-refractivity contribution in [1.82, 2.24) is 4.98 Å². The molecule has 0 aliphatic carbocycles. The number of thiazole rings is 1. The number of hydrogen-bond donors (Lipinski definition) is 0. The molecule has 1 atom stereocenters. The Balaban J connectivity index is 1.63. The Bertz CT molecular complexity index is 1010. The van der Waals surface area contributed by atoms with Gasteiger partial charge in [-0.25, -0.2) is 4.98 Å². The fourth-order valence-corrected chi connectivity index (χ4v) is 5.34. The summed E-state index contributed by atoms with van der Waals surface area (Å²) in [6.07, 6.45) is 4.57. The van der Waals surface area contributed by atoms with E-state index >= 15 is 0 Å². The molecule has 1 aromatic heterocycles. The molecule has 3 aromatic rings. The summed E-state index contributed by atoms with van der Waals surface area (Å²) in [5, 5.41) is 0.773. The first kappa shape index (κ1) is 20.4. The minimum atomic E-state index is 0.0748. The van der Waals surface area contributed by atoms with Crippen LogP contribution in [0.15, 0.2) is 41.3 Å². The number of aryl methyl sites for hydroxylation is 2. The molecule has 152 valence electrons. The molecule has 4 nitrogen and oxygen atoms in total. The van der Waals surface area contributed by atoms with Crippen molar-refractivity contribution < 1.29 is 9.53 Å². The second-order valence-corrected chi connectivity index (χ2v) is 9.48. The summed E-state index contributed by atoms with van der Waals surface area (Å²) in [5.74, 6) is 0.0748. The molecule has 29 heavy (non-hydrogen) atoms. The number of thioether (sulfide) groups is 1. The lowest BCUT2D eigenvalue weighted by atomic mass is 10.1. The molecular formula is C23H26N2O2S2. The van der Waals surface area contributed by atoms with Crippen LogP contribution in [0, 0.1) is 13.8 Å². The third-order valence-corrected chi connectivity index (χ3v) is 7.04. The highest BCUT2D eigenvalue weighted by atomic mass is 32.2. The predicted molar refractivity (Wildman–Crippen MR) is 122 cm³/mol. The summed E-state index contributed by atoms with van der Waals surface area (Å²) in [6.45, 7) is 5.53. The molecule has 1 unspecified atom stereocenters. The second kappa shape index (κ2) is 8.86. The molecule has 1 amide bonds. The largest absolute Gasteiger partial charge is 0.376 e. The Morgan fingerprint density at radius 3 is 2.76 bits per heavy atom. The lowest BCUT2D eigenvalue weighted by Gasteiger charge is -2.23. The first-order valence-corrected chi connectivity index (χ1v) is 12.0. The monoisotopic (exact) mass is 426 g/mol. The summed E-state index contributed by atoms with van der Waals surface area (Å²) in [4.78, 5) is 21.2. The summed E-state index contributed by atoms with van der Waals surface area (Å²) < 4.78 is 6.96. The van der Waals surface area contributed by atoms with Crippen molar-refractivity contribution in [3.05, 3.63) is 53.1 Å². The van der Waals surface area contributed by atoms with Gasteiger partial charge in [-0.15, -0.1) is 11.8 Å². The third-order valence-electron chi connectivity index (χ3n) is 5.28. The van der Waals surface area contributed by atoms with Crippen LogP contribution in [-0.4, -0.2) is 36.4 Å². The fraction of sp³-hybridized carbons (Fsp3) is 0.391. The maximum atomic E-state index is 13.3. The minimum absolute atomic E-state index is 0.0748. The number of fused-ring (bicyclic) bond motifs is 1. The molecule has 2 heterocycles. The molecule has 0 radical (unpaired) electrons. The summed E-state index contributed by atoms with van der Waals surface area (Å²) in [7, 11) is 0. The number of rotatable bonds is 6. The molecule has 2 aromatic carbocycles. The first-order chi connectivity index (χ1) is 14.0. The highest BCUT2D eigenvalue weighted by Gasteiger charge is 2.26. The highest BCUT2D eigenvalue weighted by Crippen LogP contribution is 2.33. The van der Waals surface area contributed by atoms with Gasteiger partial charge in [0.05, 0.1) is 29.3 Å². The smallest absolute Gasteiger partial charge is 0.233 e. The Kier molecular flexibility index (Phi) is 6.23. The zero-order valence-corrected chi connectivity index (χ0v) is 18.7. The molecular weight excluding hydrogens is 400 g/mol. The molecule has 0 saturated carbocycles. The van der Waals surface area contributed by atoms with E-state index in [1.807, 2.05) is 17.0 Å². The Hall–Kier alpha value is -1.89. The van der Waals surface area contributed by atoms with Crippen LogP contribution >= 0.6 is 23.1 Å². The standard InChI is InChI=1S/C23H26N2O2S2/c1-15-11-16(2)22-20(12-15)29-23(24-22)25(14-18-5-4-10-27-18)21(26)13-17-6-8-19(28-3)9-7-17/h6-9,11-12,18H,4-5,10,13-14H2,1-3H3. The van der Waals surface area contributed by atoms with Gasteiger partial charge >= 0.3 is 0 Å². The molecule has 1 aliphatic rings. The van der Waals surface area contributed by atoms with Gasteiger partial charge in [-0.2, -0.15) is 0 Å². The van der Waals surface area contributed by atoms with Gasteiger partial charge in [-0.1, -0.05) is 29.5 Å². The van der Waals surface area contributed by atoms with Crippen molar-refractivity contribution in [2.45, 2.75) is 44.1 Å². The Morgan fingerprint density at radius 1 is 1.28 bits per heavy atom. The SMILES string of the molecule is CSc1ccc(CC(=O)N(CC2CCCO2)c2nc3c(C)cc(C)cc3s2)cc1. The van der Waals surface area contributed by atoms with Crippen LogP contribution in [-0.2, 0) is 16.0 Å². The lowest BCUT2D eigenvalue weighted by molar-refractivity contribution is -0.118. The molecule has 0 bridgehead atoms. The van der Waals surface area contributed by atoms with Crippen LogP contribution in [0.4, 0.5) is 5.13 Å². The van der Waals surface area contributed by atoms with Gasteiger partial charge in [0.2, 0.25) is 5.91 Å².